The summed E-state index contributed by atoms with van der Waals surface area (Å²) in [5.41, 5.74) is 2.35. The first kappa shape index (κ1) is 18.6. The summed E-state index contributed by atoms with van der Waals surface area (Å²) in [6.07, 6.45) is 3.20. The van der Waals surface area contributed by atoms with Crippen molar-refractivity contribution in [1.29, 1.82) is 0 Å². The highest BCUT2D eigenvalue weighted by Crippen LogP contribution is 2.47. The Morgan fingerprint density at radius 1 is 1.04 bits per heavy atom. The molecule has 3 rings (SSSR count). The fourth-order valence-electron chi connectivity index (χ4n) is 3.08. The zero-order chi connectivity index (χ0) is 18.6. The SMILES string of the molecule is CNS(=O)(=O)c1ccc(CCC(=O)NCC2(c3ccccc3)CC2)cc1. The molecule has 2 N–H and O–H groups in total. The monoisotopic (exact) mass is 372 g/mol. The summed E-state index contributed by atoms with van der Waals surface area (Å²) in [5.74, 6) is 0.0270. The van der Waals surface area contributed by atoms with E-state index < -0.39 is 10.0 Å². The molecule has 2 aromatic rings. The van der Waals surface area contributed by atoms with Crippen molar-refractivity contribution in [1.82, 2.24) is 10.0 Å². The number of benzene rings is 2. The Hall–Kier alpha value is -2.18. The highest BCUT2D eigenvalue weighted by atomic mass is 32.2. The molecule has 5 nitrogen and oxygen atoms in total. The minimum Gasteiger partial charge on any atom is -0.355 e. The van der Waals surface area contributed by atoms with Crippen LogP contribution in [0, 0.1) is 0 Å². The zero-order valence-electron chi connectivity index (χ0n) is 14.9. The first-order valence-electron chi connectivity index (χ1n) is 8.80. The van der Waals surface area contributed by atoms with Gasteiger partial charge in [-0.2, -0.15) is 0 Å². The van der Waals surface area contributed by atoms with Gasteiger partial charge in [0.2, 0.25) is 15.9 Å². The molecule has 138 valence electrons. The summed E-state index contributed by atoms with van der Waals surface area (Å²) >= 11 is 0. The van der Waals surface area contributed by atoms with Gasteiger partial charge in [0.15, 0.2) is 0 Å². The third-order valence-electron chi connectivity index (χ3n) is 5.01. The molecule has 0 atom stereocenters. The van der Waals surface area contributed by atoms with Crippen LogP contribution in [0.4, 0.5) is 0 Å². The van der Waals surface area contributed by atoms with Gasteiger partial charge in [-0.3, -0.25) is 4.79 Å². The van der Waals surface area contributed by atoms with Crippen molar-refractivity contribution in [3.05, 3.63) is 65.7 Å². The molecule has 6 heteroatoms. The van der Waals surface area contributed by atoms with Gasteiger partial charge in [-0.15, -0.1) is 0 Å². The summed E-state index contributed by atoms with van der Waals surface area (Å²) in [6.45, 7) is 0.676. The highest BCUT2D eigenvalue weighted by Gasteiger charge is 2.44. The third-order valence-corrected chi connectivity index (χ3v) is 6.44. The molecular weight excluding hydrogens is 348 g/mol. The normalized spacial score (nSPS) is 15.4. The van der Waals surface area contributed by atoms with Crippen LogP contribution in [0.2, 0.25) is 0 Å². The molecule has 0 unspecified atom stereocenters. The molecule has 0 aliphatic heterocycles. The second-order valence-electron chi connectivity index (χ2n) is 6.77. The fourth-order valence-corrected chi connectivity index (χ4v) is 3.81. The summed E-state index contributed by atoms with van der Waals surface area (Å²) < 4.78 is 25.7. The number of hydrogen-bond acceptors (Lipinski definition) is 3. The molecule has 0 bridgehead atoms. The van der Waals surface area contributed by atoms with E-state index in [4.69, 9.17) is 0 Å². The number of amides is 1. The van der Waals surface area contributed by atoms with Crippen LogP contribution < -0.4 is 10.0 Å². The largest absolute Gasteiger partial charge is 0.355 e. The Morgan fingerprint density at radius 3 is 2.27 bits per heavy atom. The lowest BCUT2D eigenvalue weighted by molar-refractivity contribution is -0.121. The van der Waals surface area contributed by atoms with Gasteiger partial charge in [0.05, 0.1) is 4.90 Å². The second kappa shape index (κ2) is 7.60. The van der Waals surface area contributed by atoms with Gasteiger partial charge < -0.3 is 5.32 Å². The van der Waals surface area contributed by atoms with Crippen molar-refractivity contribution in [2.24, 2.45) is 0 Å². The lowest BCUT2D eigenvalue weighted by atomic mass is 9.96. The molecule has 1 aliphatic rings. The van der Waals surface area contributed by atoms with Crippen LogP contribution in [0.3, 0.4) is 0 Å². The third kappa shape index (κ3) is 4.31. The summed E-state index contributed by atoms with van der Waals surface area (Å²) in [4.78, 5) is 12.4. The van der Waals surface area contributed by atoms with E-state index in [9.17, 15) is 13.2 Å². The Morgan fingerprint density at radius 2 is 1.69 bits per heavy atom. The molecule has 0 aromatic heterocycles. The van der Waals surface area contributed by atoms with Gasteiger partial charge in [0.25, 0.3) is 0 Å². The van der Waals surface area contributed by atoms with Gasteiger partial charge in [0.1, 0.15) is 0 Å². The zero-order valence-corrected chi connectivity index (χ0v) is 15.7. The van der Waals surface area contributed by atoms with E-state index in [2.05, 4.69) is 22.2 Å². The van der Waals surface area contributed by atoms with Crippen LogP contribution in [-0.2, 0) is 26.7 Å². The molecule has 0 heterocycles. The number of aryl methyl sites for hydroxylation is 1. The standard InChI is InChI=1S/C20H24N2O3S/c1-21-26(24,25)18-10-7-16(8-11-18)9-12-19(23)22-15-20(13-14-20)17-5-3-2-4-6-17/h2-8,10-11,21H,9,12-15H2,1H3,(H,22,23). The Balaban J connectivity index is 1.49. The number of carbonyl (C=O) groups is 1. The maximum Gasteiger partial charge on any atom is 0.240 e. The molecule has 0 saturated heterocycles. The van der Waals surface area contributed by atoms with Gasteiger partial charge >= 0.3 is 0 Å². The van der Waals surface area contributed by atoms with E-state index in [1.165, 1.54) is 12.6 Å². The van der Waals surface area contributed by atoms with Crippen LogP contribution in [0.25, 0.3) is 0 Å². The van der Waals surface area contributed by atoms with Gasteiger partial charge in [0, 0.05) is 18.4 Å². The van der Waals surface area contributed by atoms with Gasteiger partial charge in [-0.05, 0) is 49.6 Å². The smallest absolute Gasteiger partial charge is 0.240 e. The molecular formula is C20H24N2O3S. The fraction of sp³-hybridized carbons (Fsp3) is 0.350. The maximum atomic E-state index is 12.2. The molecule has 0 spiro atoms. The summed E-state index contributed by atoms with van der Waals surface area (Å²) in [6, 6.07) is 17.0. The topological polar surface area (TPSA) is 75.3 Å². The number of sulfonamides is 1. The summed E-state index contributed by atoms with van der Waals surface area (Å²) in [5, 5.41) is 3.05. The highest BCUT2D eigenvalue weighted by molar-refractivity contribution is 7.89. The van der Waals surface area contributed by atoms with Crippen molar-refractivity contribution < 1.29 is 13.2 Å². The number of nitrogens with one attached hydrogen (secondary N) is 2. The van der Waals surface area contributed by atoms with Crippen molar-refractivity contribution >= 4 is 15.9 Å². The van der Waals surface area contributed by atoms with Crippen molar-refractivity contribution in [2.75, 3.05) is 13.6 Å². The van der Waals surface area contributed by atoms with Crippen LogP contribution >= 0.6 is 0 Å². The average Bonchev–Trinajstić information content (AvgIpc) is 3.47. The molecule has 0 radical (unpaired) electrons. The van der Waals surface area contributed by atoms with Crippen molar-refractivity contribution in [2.45, 2.75) is 36.0 Å². The van der Waals surface area contributed by atoms with E-state index >= 15 is 0 Å². The molecule has 1 amide bonds. The Labute approximate surface area is 154 Å². The molecule has 2 aromatic carbocycles. The molecule has 1 aliphatic carbocycles. The molecule has 1 fully saturated rings. The number of hydrogen-bond donors (Lipinski definition) is 2. The molecule has 1 saturated carbocycles. The van der Waals surface area contributed by atoms with Crippen molar-refractivity contribution in [3.63, 3.8) is 0 Å². The van der Waals surface area contributed by atoms with E-state index in [0.29, 0.717) is 19.4 Å². The minimum absolute atomic E-state index is 0.0270. The van der Waals surface area contributed by atoms with Crippen molar-refractivity contribution in [3.8, 4) is 0 Å². The first-order chi connectivity index (χ1) is 12.5. The average molecular weight is 372 g/mol. The van der Waals surface area contributed by atoms with Crippen LogP contribution in [0.1, 0.15) is 30.4 Å². The lowest BCUT2D eigenvalue weighted by Crippen LogP contribution is -2.32. The first-order valence-corrected chi connectivity index (χ1v) is 10.3. The van der Waals surface area contributed by atoms with Gasteiger partial charge in [-0.1, -0.05) is 42.5 Å². The predicted octanol–water partition coefficient (Wildman–Crippen LogP) is 2.38. The Kier molecular flexibility index (Phi) is 5.44. The van der Waals surface area contributed by atoms with Crippen LogP contribution in [-0.4, -0.2) is 27.9 Å². The summed E-state index contributed by atoms with van der Waals surface area (Å²) in [7, 11) is -2.04. The Bertz CT molecular complexity index is 858. The van der Waals surface area contributed by atoms with Crippen LogP contribution in [0.15, 0.2) is 59.5 Å². The number of carbonyl (C=O) groups excluding carboxylic acids is 1. The maximum absolute atomic E-state index is 12.2. The lowest BCUT2D eigenvalue weighted by Gasteiger charge is -2.16. The van der Waals surface area contributed by atoms with E-state index in [1.54, 1.807) is 24.3 Å². The van der Waals surface area contributed by atoms with E-state index in [-0.39, 0.29) is 16.2 Å². The predicted molar refractivity (Wildman–Crippen MR) is 101 cm³/mol. The van der Waals surface area contributed by atoms with E-state index in [0.717, 1.165) is 18.4 Å². The minimum atomic E-state index is -3.42. The van der Waals surface area contributed by atoms with E-state index in [1.807, 2.05) is 18.2 Å². The second-order valence-corrected chi connectivity index (χ2v) is 8.66. The number of rotatable bonds is 8. The van der Waals surface area contributed by atoms with Crippen LogP contribution in [0.5, 0.6) is 0 Å². The molecule has 26 heavy (non-hydrogen) atoms. The quantitative estimate of drug-likeness (QED) is 0.747. The van der Waals surface area contributed by atoms with Gasteiger partial charge in [-0.25, -0.2) is 13.1 Å².